The summed E-state index contributed by atoms with van der Waals surface area (Å²) in [6.45, 7) is 4.74. The molecule has 0 atom stereocenters. The molecule has 0 saturated carbocycles. The van der Waals surface area contributed by atoms with E-state index in [1.54, 1.807) is 0 Å². The highest BCUT2D eigenvalue weighted by atomic mass is 16.5. The minimum atomic E-state index is 0.774. The van der Waals surface area contributed by atoms with Gasteiger partial charge in [0, 0.05) is 16.8 Å². The monoisotopic (exact) mass is 388 g/mol. The number of benzene rings is 2. The maximum absolute atomic E-state index is 6.23. The number of unbranched alkanes of at least 4 members (excludes halogenated alkanes) is 1. The SMILES string of the molecule is C[N+]1(CCCCOc2cc3c4c(c2)=CC=4C=C(c2ccccc2)O3)CCCCC1. The highest BCUT2D eigenvalue weighted by molar-refractivity contribution is 5.96. The van der Waals surface area contributed by atoms with Crippen LogP contribution in [0.15, 0.2) is 48.5 Å². The lowest BCUT2D eigenvalue weighted by atomic mass is 9.95. The predicted octanol–water partition coefficient (Wildman–Crippen LogP) is 3.85. The third-order valence-electron chi connectivity index (χ3n) is 6.53. The second kappa shape index (κ2) is 7.72. The van der Waals surface area contributed by atoms with E-state index in [2.05, 4.69) is 43.5 Å². The van der Waals surface area contributed by atoms with Crippen LogP contribution in [0.1, 0.15) is 37.7 Å². The van der Waals surface area contributed by atoms with Crippen molar-refractivity contribution in [3.05, 3.63) is 64.5 Å². The number of rotatable bonds is 7. The lowest BCUT2D eigenvalue weighted by Gasteiger charge is -2.37. The summed E-state index contributed by atoms with van der Waals surface area (Å²) in [7, 11) is 2.42. The number of likely N-dealkylation sites (tertiary alicyclic amines) is 1. The predicted molar refractivity (Wildman–Crippen MR) is 118 cm³/mol. The first-order chi connectivity index (χ1) is 14.2. The maximum atomic E-state index is 6.23. The van der Waals surface area contributed by atoms with E-state index in [-0.39, 0.29) is 0 Å². The molecular weight excluding hydrogens is 358 g/mol. The normalized spacial score (nSPS) is 18.7. The molecule has 2 aromatic rings. The van der Waals surface area contributed by atoms with E-state index in [9.17, 15) is 0 Å². The van der Waals surface area contributed by atoms with Gasteiger partial charge in [-0.1, -0.05) is 30.3 Å². The van der Waals surface area contributed by atoms with E-state index in [1.807, 2.05) is 18.2 Å². The van der Waals surface area contributed by atoms with Gasteiger partial charge >= 0.3 is 0 Å². The van der Waals surface area contributed by atoms with E-state index in [1.165, 1.54) is 65.8 Å². The van der Waals surface area contributed by atoms with Gasteiger partial charge in [0.25, 0.3) is 0 Å². The Morgan fingerprint density at radius 3 is 2.62 bits per heavy atom. The van der Waals surface area contributed by atoms with E-state index in [0.717, 1.165) is 35.8 Å². The highest BCUT2D eigenvalue weighted by Gasteiger charge is 2.24. The van der Waals surface area contributed by atoms with E-state index in [0.29, 0.717) is 0 Å². The Morgan fingerprint density at radius 1 is 0.966 bits per heavy atom. The largest absolute Gasteiger partial charge is 0.493 e. The van der Waals surface area contributed by atoms with Gasteiger partial charge in [-0.05, 0) is 61.1 Å². The standard InChI is InChI=1S/C26H30NO2/c1-27(12-6-3-7-13-27)14-8-9-15-28-23-17-21-16-22-18-24(20-10-4-2-5-11-20)29-25(19-23)26(21)22/h2,4-5,10-11,16-19H,3,6-9,12-15H2,1H3/q+1. The van der Waals surface area contributed by atoms with Gasteiger partial charge in [-0.25, -0.2) is 0 Å². The summed E-state index contributed by atoms with van der Waals surface area (Å²) in [5.74, 6) is 2.75. The Hall–Kier alpha value is -2.52. The molecule has 2 aliphatic heterocycles. The number of quaternary nitrogens is 1. The zero-order valence-electron chi connectivity index (χ0n) is 17.3. The minimum Gasteiger partial charge on any atom is -0.493 e. The van der Waals surface area contributed by atoms with Gasteiger partial charge in [-0.2, -0.15) is 0 Å². The fraction of sp³-hybridized carbons (Fsp3) is 0.385. The average molecular weight is 389 g/mol. The summed E-state index contributed by atoms with van der Waals surface area (Å²) >= 11 is 0. The molecule has 0 amide bonds. The first-order valence-corrected chi connectivity index (χ1v) is 11.0. The lowest BCUT2D eigenvalue weighted by molar-refractivity contribution is -0.914. The smallest absolute Gasteiger partial charge is 0.139 e. The Bertz CT molecular complexity index is 1050. The van der Waals surface area contributed by atoms with Crippen LogP contribution in [-0.4, -0.2) is 37.8 Å². The topological polar surface area (TPSA) is 18.5 Å². The Labute approximate surface area is 173 Å². The van der Waals surface area contributed by atoms with Gasteiger partial charge in [-0.15, -0.1) is 0 Å². The number of allylic oxidation sites excluding steroid dienone is 1. The van der Waals surface area contributed by atoms with Gasteiger partial charge < -0.3 is 14.0 Å². The molecule has 0 unspecified atom stereocenters. The molecule has 0 bridgehead atoms. The molecule has 0 radical (unpaired) electrons. The Balaban J connectivity index is 1.20. The molecule has 1 fully saturated rings. The average Bonchev–Trinajstić information content (AvgIpc) is 2.72. The minimum absolute atomic E-state index is 0.774. The summed E-state index contributed by atoms with van der Waals surface area (Å²) in [6, 6.07) is 14.5. The molecule has 0 spiro atoms. The van der Waals surface area contributed by atoms with E-state index >= 15 is 0 Å². The fourth-order valence-electron chi connectivity index (χ4n) is 4.79. The maximum Gasteiger partial charge on any atom is 0.139 e. The van der Waals surface area contributed by atoms with E-state index < -0.39 is 0 Å². The first-order valence-electron chi connectivity index (χ1n) is 11.0. The molecule has 3 nitrogen and oxygen atoms in total. The zero-order chi connectivity index (χ0) is 19.7. The van der Waals surface area contributed by atoms with Crippen LogP contribution in [0.3, 0.4) is 0 Å². The van der Waals surface area contributed by atoms with Gasteiger partial charge in [-0.3, -0.25) is 0 Å². The van der Waals surface area contributed by atoms with Crippen molar-refractivity contribution >= 4 is 17.4 Å². The fourth-order valence-corrected chi connectivity index (χ4v) is 4.79. The summed E-state index contributed by atoms with van der Waals surface area (Å²) in [5, 5.41) is 2.45. The second-order valence-corrected chi connectivity index (χ2v) is 8.87. The van der Waals surface area contributed by atoms with Crippen LogP contribution >= 0.6 is 0 Å². The summed E-state index contributed by atoms with van der Waals surface area (Å²) in [4.78, 5) is 0. The number of hydrogen-bond acceptors (Lipinski definition) is 2. The van der Waals surface area contributed by atoms with Gasteiger partial charge in [0.1, 0.15) is 17.3 Å². The summed E-state index contributed by atoms with van der Waals surface area (Å²) in [6.07, 6.45) is 10.9. The highest BCUT2D eigenvalue weighted by Crippen LogP contribution is 2.29. The van der Waals surface area contributed by atoms with Crippen LogP contribution in [0.25, 0.3) is 17.4 Å². The molecule has 29 heavy (non-hydrogen) atoms. The van der Waals surface area contributed by atoms with E-state index in [4.69, 9.17) is 9.47 Å². The van der Waals surface area contributed by atoms with Crippen molar-refractivity contribution in [1.82, 2.24) is 0 Å². The Morgan fingerprint density at radius 2 is 1.79 bits per heavy atom. The van der Waals surface area contributed by atoms with Crippen LogP contribution in [0.5, 0.6) is 11.5 Å². The number of hydrogen-bond donors (Lipinski definition) is 0. The third kappa shape index (κ3) is 3.84. The molecule has 3 heteroatoms. The van der Waals surface area contributed by atoms with Crippen molar-refractivity contribution in [1.29, 1.82) is 0 Å². The van der Waals surface area contributed by atoms with Gasteiger partial charge in [0.15, 0.2) is 0 Å². The molecule has 2 heterocycles. The molecule has 5 rings (SSSR count). The molecular formula is C26H30NO2+. The summed E-state index contributed by atoms with van der Waals surface area (Å²) < 4.78 is 13.6. The number of ether oxygens (including phenoxy) is 2. The molecule has 2 aromatic carbocycles. The molecule has 150 valence electrons. The van der Waals surface area contributed by atoms with Crippen LogP contribution in [-0.2, 0) is 0 Å². The summed E-state index contributed by atoms with van der Waals surface area (Å²) in [5.41, 5.74) is 2.36. The number of nitrogens with zero attached hydrogens (tertiary/aromatic N) is 1. The van der Waals surface area contributed by atoms with Crippen molar-refractivity contribution in [2.45, 2.75) is 32.1 Å². The van der Waals surface area contributed by atoms with Crippen LogP contribution in [0.4, 0.5) is 0 Å². The van der Waals surface area contributed by atoms with Crippen molar-refractivity contribution < 1.29 is 14.0 Å². The molecule has 1 saturated heterocycles. The molecule has 3 aliphatic rings. The van der Waals surface area contributed by atoms with Crippen molar-refractivity contribution in [2.75, 3.05) is 33.3 Å². The van der Waals surface area contributed by atoms with Crippen LogP contribution < -0.4 is 19.9 Å². The number of piperidine rings is 1. The molecule has 0 N–H and O–H groups in total. The first kappa shape index (κ1) is 18.5. The van der Waals surface area contributed by atoms with Crippen molar-refractivity contribution in [2.24, 2.45) is 0 Å². The molecule has 1 aliphatic carbocycles. The molecule has 0 aromatic heterocycles. The Kier molecular flexibility index (Phi) is 4.92. The second-order valence-electron chi connectivity index (χ2n) is 8.87. The van der Waals surface area contributed by atoms with Crippen molar-refractivity contribution in [3.63, 3.8) is 0 Å². The van der Waals surface area contributed by atoms with Crippen LogP contribution in [0.2, 0.25) is 0 Å². The zero-order valence-corrected chi connectivity index (χ0v) is 17.3. The third-order valence-corrected chi connectivity index (χ3v) is 6.53. The quantitative estimate of drug-likeness (QED) is 0.530. The van der Waals surface area contributed by atoms with Crippen LogP contribution in [0, 0.1) is 0 Å². The van der Waals surface area contributed by atoms with Gasteiger partial charge in [0.05, 0.1) is 33.3 Å². The van der Waals surface area contributed by atoms with Gasteiger partial charge in [0.2, 0.25) is 0 Å². The van der Waals surface area contributed by atoms with Crippen molar-refractivity contribution in [3.8, 4) is 11.5 Å². The lowest BCUT2D eigenvalue weighted by Crippen LogP contribution is -2.48.